The van der Waals surface area contributed by atoms with Crippen LogP contribution in [0.5, 0.6) is 0 Å². The molecule has 0 aliphatic heterocycles. The zero-order valence-corrected chi connectivity index (χ0v) is 21.1. The number of hydrogen-bond acceptors (Lipinski definition) is 2. The largest absolute Gasteiger partial charge is 0.312 e. The van der Waals surface area contributed by atoms with E-state index in [2.05, 4.69) is 121 Å². The SMILES string of the molecule is CC1CC=Cc2c1n(-c1ccccc1-c1cnc3c4ccccc4c4ccccc4c3n1)c1ccccc21. The van der Waals surface area contributed by atoms with Crippen LogP contribution in [0.4, 0.5) is 0 Å². The average Bonchev–Trinajstić information content (AvgIpc) is 3.33. The monoisotopic (exact) mass is 487 g/mol. The number of para-hydroxylation sites is 2. The fourth-order valence-electron chi connectivity index (χ4n) is 6.34. The van der Waals surface area contributed by atoms with E-state index in [0.717, 1.165) is 45.2 Å². The molecule has 7 aromatic rings. The molecule has 0 N–H and O–H groups in total. The second kappa shape index (κ2) is 8.12. The van der Waals surface area contributed by atoms with Crippen molar-refractivity contribution >= 4 is 49.6 Å². The van der Waals surface area contributed by atoms with Crippen molar-refractivity contribution < 1.29 is 0 Å². The van der Waals surface area contributed by atoms with E-state index < -0.39 is 0 Å². The molecule has 0 saturated heterocycles. The third-order valence-electron chi connectivity index (χ3n) is 8.04. The molecule has 0 amide bonds. The highest BCUT2D eigenvalue weighted by atomic mass is 15.0. The van der Waals surface area contributed by atoms with Gasteiger partial charge in [0.1, 0.15) is 0 Å². The third-order valence-corrected chi connectivity index (χ3v) is 8.04. The molecule has 0 fully saturated rings. The van der Waals surface area contributed by atoms with Gasteiger partial charge in [-0.3, -0.25) is 4.98 Å². The first kappa shape index (κ1) is 21.3. The van der Waals surface area contributed by atoms with Gasteiger partial charge in [-0.25, -0.2) is 4.98 Å². The summed E-state index contributed by atoms with van der Waals surface area (Å²) in [6.45, 7) is 2.33. The summed E-state index contributed by atoms with van der Waals surface area (Å²) in [5, 5.41) is 5.99. The molecule has 1 atom stereocenters. The van der Waals surface area contributed by atoms with E-state index in [1.54, 1.807) is 0 Å². The van der Waals surface area contributed by atoms with Crippen molar-refractivity contribution in [2.45, 2.75) is 19.3 Å². The standard InChI is InChI=1S/C35H25N3/c1-22-11-10-18-28-25-14-6-8-19-31(25)38(35(22)28)32-20-9-7-17-29(32)30-21-36-33-26-15-4-2-12-23(26)24-13-3-5-16-27(24)34(33)37-30/h2-10,12-22H,11H2,1H3. The molecule has 0 bridgehead atoms. The Hall–Kier alpha value is -4.76. The molecule has 3 nitrogen and oxygen atoms in total. The zero-order valence-electron chi connectivity index (χ0n) is 21.1. The van der Waals surface area contributed by atoms with Crippen LogP contribution in [-0.2, 0) is 0 Å². The van der Waals surface area contributed by atoms with Gasteiger partial charge < -0.3 is 4.57 Å². The van der Waals surface area contributed by atoms with Crippen LogP contribution in [0.1, 0.15) is 30.5 Å². The second-order valence-electron chi connectivity index (χ2n) is 10.3. The first-order valence-corrected chi connectivity index (χ1v) is 13.3. The minimum atomic E-state index is 0.424. The Kier molecular flexibility index (Phi) is 4.56. The molecule has 1 aliphatic rings. The van der Waals surface area contributed by atoms with Gasteiger partial charge in [-0.15, -0.1) is 0 Å². The van der Waals surface area contributed by atoms with Crippen molar-refractivity contribution in [2.24, 2.45) is 0 Å². The second-order valence-corrected chi connectivity index (χ2v) is 10.3. The Morgan fingerprint density at radius 1 is 0.684 bits per heavy atom. The van der Waals surface area contributed by atoms with E-state index in [9.17, 15) is 0 Å². The van der Waals surface area contributed by atoms with Gasteiger partial charge in [-0.05, 0) is 29.3 Å². The molecule has 2 aromatic heterocycles. The summed E-state index contributed by atoms with van der Waals surface area (Å²) in [4.78, 5) is 10.4. The van der Waals surface area contributed by atoms with Gasteiger partial charge in [0.05, 0.1) is 34.1 Å². The molecule has 8 rings (SSSR count). The Morgan fingerprint density at radius 3 is 2.11 bits per heavy atom. The number of aromatic nitrogens is 3. The highest BCUT2D eigenvalue weighted by Gasteiger charge is 2.24. The summed E-state index contributed by atoms with van der Waals surface area (Å²) in [6, 6.07) is 34.4. The predicted molar refractivity (Wildman–Crippen MR) is 159 cm³/mol. The molecule has 1 aliphatic carbocycles. The molecule has 0 spiro atoms. The fraction of sp³-hybridized carbons (Fsp3) is 0.0857. The number of nitrogens with zero attached hydrogens (tertiary/aromatic N) is 3. The van der Waals surface area contributed by atoms with E-state index >= 15 is 0 Å². The summed E-state index contributed by atoms with van der Waals surface area (Å²) in [6.07, 6.45) is 7.59. The van der Waals surface area contributed by atoms with Crippen molar-refractivity contribution in [3.05, 3.63) is 121 Å². The van der Waals surface area contributed by atoms with Crippen LogP contribution >= 0.6 is 0 Å². The maximum atomic E-state index is 5.32. The Morgan fingerprint density at radius 2 is 1.32 bits per heavy atom. The quantitative estimate of drug-likeness (QED) is 0.228. The number of fused-ring (bicyclic) bond motifs is 9. The topological polar surface area (TPSA) is 30.7 Å². The van der Waals surface area contributed by atoms with Crippen molar-refractivity contribution in [2.75, 3.05) is 0 Å². The summed E-state index contributed by atoms with van der Waals surface area (Å²) in [5.41, 5.74) is 8.94. The molecule has 1 unspecified atom stereocenters. The Labute approximate surface area is 220 Å². The number of allylic oxidation sites excluding steroid dienone is 1. The van der Waals surface area contributed by atoms with Gasteiger partial charge in [0, 0.05) is 38.9 Å². The molecule has 2 heterocycles. The van der Waals surface area contributed by atoms with Crippen LogP contribution in [0.2, 0.25) is 0 Å². The number of rotatable bonds is 2. The number of hydrogen-bond donors (Lipinski definition) is 0. The van der Waals surface area contributed by atoms with Crippen LogP contribution in [0, 0.1) is 0 Å². The first-order valence-electron chi connectivity index (χ1n) is 13.3. The molecular formula is C35H25N3. The van der Waals surface area contributed by atoms with Crippen LogP contribution in [-0.4, -0.2) is 14.5 Å². The van der Waals surface area contributed by atoms with Crippen LogP contribution in [0.3, 0.4) is 0 Å². The van der Waals surface area contributed by atoms with Crippen molar-refractivity contribution in [3.8, 4) is 16.9 Å². The van der Waals surface area contributed by atoms with E-state index in [-0.39, 0.29) is 0 Å². The lowest BCUT2D eigenvalue weighted by molar-refractivity contribution is 0.724. The lowest BCUT2D eigenvalue weighted by Gasteiger charge is -2.21. The summed E-state index contributed by atoms with van der Waals surface area (Å²) in [5.74, 6) is 0.424. The summed E-state index contributed by atoms with van der Waals surface area (Å²) >= 11 is 0. The molecule has 3 heteroatoms. The van der Waals surface area contributed by atoms with Crippen LogP contribution < -0.4 is 0 Å². The maximum absolute atomic E-state index is 5.32. The molecule has 38 heavy (non-hydrogen) atoms. The Bertz CT molecular complexity index is 2040. The van der Waals surface area contributed by atoms with Gasteiger partial charge >= 0.3 is 0 Å². The minimum absolute atomic E-state index is 0.424. The predicted octanol–water partition coefficient (Wildman–Crippen LogP) is 9.07. The summed E-state index contributed by atoms with van der Waals surface area (Å²) in [7, 11) is 0. The highest BCUT2D eigenvalue weighted by molar-refractivity contribution is 6.23. The molecule has 0 radical (unpaired) electrons. The Balaban J connectivity index is 1.44. The van der Waals surface area contributed by atoms with Crippen LogP contribution in [0.15, 0.2) is 109 Å². The van der Waals surface area contributed by atoms with Crippen molar-refractivity contribution in [1.82, 2.24) is 14.5 Å². The number of benzene rings is 5. The first-order chi connectivity index (χ1) is 18.8. The molecule has 180 valence electrons. The molecular weight excluding hydrogens is 462 g/mol. The van der Waals surface area contributed by atoms with Crippen molar-refractivity contribution in [3.63, 3.8) is 0 Å². The molecule has 5 aromatic carbocycles. The highest BCUT2D eigenvalue weighted by Crippen LogP contribution is 2.41. The van der Waals surface area contributed by atoms with Gasteiger partial charge in [-0.2, -0.15) is 0 Å². The van der Waals surface area contributed by atoms with E-state index in [1.807, 2.05) is 6.20 Å². The average molecular weight is 488 g/mol. The minimum Gasteiger partial charge on any atom is -0.312 e. The lowest BCUT2D eigenvalue weighted by Crippen LogP contribution is -2.08. The van der Waals surface area contributed by atoms with Gasteiger partial charge in [0.2, 0.25) is 0 Å². The zero-order chi connectivity index (χ0) is 25.2. The lowest BCUT2D eigenvalue weighted by atomic mass is 9.93. The van der Waals surface area contributed by atoms with E-state index in [1.165, 1.54) is 32.9 Å². The van der Waals surface area contributed by atoms with Gasteiger partial charge in [-0.1, -0.05) is 104 Å². The normalized spacial score (nSPS) is 15.0. The van der Waals surface area contributed by atoms with Gasteiger partial charge in [0.25, 0.3) is 0 Å². The molecule has 0 saturated carbocycles. The maximum Gasteiger partial charge on any atom is 0.0979 e. The van der Waals surface area contributed by atoms with Gasteiger partial charge in [0.15, 0.2) is 0 Å². The smallest absolute Gasteiger partial charge is 0.0979 e. The van der Waals surface area contributed by atoms with E-state index in [0.29, 0.717) is 5.92 Å². The fourth-order valence-corrected chi connectivity index (χ4v) is 6.34. The third kappa shape index (κ3) is 2.96. The summed E-state index contributed by atoms with van der Waals surface area (Å²) < 4.78 is 2.46. The van der Waals surface area contributed by atoms with Crippen LogP contribution in [0.25, 0.3) is 66.5 Å². The van der Waals surface area contributed by atoms with E-state index in [4.69, 9.17) is 9.97 Å². The van der Waals surface area contributed by atoms with Crippen molar-refractivity contribution in [1.29, 1.82) is 0 Å².